The second kappa shape index (κ2) is 10.4. The van der Waals surface area contributed by atoms with Crippen LogP contribution in [0.3, 0.4) is 0 Å². The maximum atomic E-state index is 3.54. The molecule has 7 aromatic carbocycles. The maximum Gasteiger partial charge on any atom is 0.0541 e. The molecule has 0 aliphatic heterocycles. The monoisotopic (exact) mass is 638 g/mol. The first-order chi connectivity index (χ1) is 22.2. The van der Waals surface area contributed by atoms with Crippen LogP contribution < -0.4 is 0 Å². The van der Waals surface area contributed by atoms with Gasteiger partial charge in [-0.15, -0.1) is 0 Å². The first-order valence-electron chi connectivity index (χ1n) is 15.2. The summed E-state index contributed by atoms with van der Waals surface area (Å²) in [5.41, 5.74) is 12.0. The molecule has 0 spiro atoms. The fraction of sp³-hybridized carbons (Fsp3) is 0. The van der Waals surface area contributed by atoms with E-state index in [0.717, 1.165) is 15.8 Å². The lowest BCUT2D eigenvalue weighted by atomic mass is 9.99. The number of rotatable bonds is 4. The van der Waals surface area contributed by atoms with Crippen LogP contribution in [0.5, 0.6) is 0 Å². The van der Waals surface area contributed by atoms with Crippen LogP contribution in [-0.4, -0.2) is 9.13 Å². The summed E-state index contributed by atoms with van der Waals surface area (Å²) in [5.74, 6) is 0. The van der Waals surface area contributed by atoms with Crippen molar-refractivity contribution in [3.05, 3.63) is 168 Å². The lowest BCUT2D eigenvalue weighted by Crippen LogP contribution is -1.97. The van der Waals surface area contributed by atoms with Gasteiger partial charge in [-0.2, -0.15) is 0 Å². The van der Waals surface area contributed by atoms with Gasteiger partial charge in [0.05, 0.1) is 22.1 Å². The van der Waals surface area contributed by atoms with Gasteiger partial charge in [0.2, 0.25) is 0 Å². The molecule has 45 heavy (non-hydrogen) atoms. The normalized spacial score (nSPS) is 11.7. The quantitative estimate of drug-likeness (QED) is 0.181. The average Bonchev–Trinajstić information content (AvgIpc) is 3.62. The van der Waals surface area contributed by atoms with Crippen LogP contribution in [-0.2, 0) is 0 Å². The fourth-order valence-corrected chi connectivity index (χ4v) is 7.14. The number of hydrogen-bond donors (Lipinski definition) is 0. The van der Waals surface area contributed by atoms with E-state index in [9.17, 15) is 0 Å². The molecule has 0 aliphatic rings. The Balaban J connectivity index is 1.14. The molecule has 0 atom stereocenters. The summed E-state index contributed by atoms with van der Waals surface area (Å²) in [6.45, 7) is 0. The molecular formula is C42H27BrN2. The zero-order chi connectivity index (χ0) is 29.9. The Hall–Kier alpha value is -5.38. The third-order valence-electron chi connectivity index (χ3n) is 9.01. The van der Waals surface area contributed by atoms with E-state index < -0.39 is 0 Å². The topological polar surface area (TPSA) is 9.86 Å². The van der Waals surface area contributed by atoms with Gasteiger partial charge < -0.3 is 9.13 Å². The highest BCUT2D eigenvalue weighted by Crippen LogP contribution is 2.37. The van der Waals surface area contributed by atoms with E-state index in [1.54, 1.807) is 0 Å². The number of nitrogens with zero attached hydrogens (tertiary/aromatic N) is 2. The van der Waals surface area contributed by atoms with Crippen molar-refractivity contribution in [1.82, 2.24) is 9.13 Å². The summed E-state index contributed by atoms with van der Waals surface area (Å²) in [6.07, 6.45) is 0. The number of halogens is 1. The fourth-order valence-electron chi connectivity index (χ4n) is 6.88. The zero-order valence-corrected chi connectivity index (χ0v) is 25.9. The van der Waals surface area contributed by atoms with Gasteiger partial charge in [0.15, 0.2) is 0 Å². The van der Waals surface area contributed by atoms with Gasteiger partial charge in [-0.3, -0.25) is 0 Å². The van der Waals surface area contributed by atoms with Crippen LogP contribution >= 0.6 is 15.9 Å². The number of fused-ring (bicyclic) bond motifs is 6. The minimum absolute atomic E-state index is 1.09. The van der Waals surface area contributed by atoms with Gasteiger partial charge >= 0.3 is 0 Å². The third kappa shape index (κ3) is 4.23. The molecule has 2 aromatic heterocycles. The zero-order valence-electron chi connectivity index (χ0n) is 24.4. The van der Waals surface area contributed by atoms with E-state index in [0.29, 0.717) is 0 Å². The Bertz CT molecular complexity index is 2460. The highest BCUT2D eigenvalue weighted by atomic mass is 79.9. The van der Waals surface area contributed by atoms with E-state index in [1.165, 1.54) is 65.9 Å². The molecule has 0 N–H and O–H groups in total. The minimum atomic E-state index is 1.09. The maximum absolute atomic E-state index is 3.54. The molecular weight excluding hydrogens is 612 g/mol. The first-order valence-corrected chi connectivity index (χ1v) is 16.0. The van der Waals surface area contributed by atoms with E-state index in [4.69, 9.17) is 0 Å². The average molecular weight is 640 g/mol. The molecule has 9 aromatic rings. The lowest BCUT2D eigenvalue weighted by molar-refractivity contribution is 1.14. The number of benzene rings is 7. The summed E-state index contributed by atoms with van der Waals surface area (Å²) in [4.78, 5) is 0. The van der Waals surface area contributed by atoms with Crippen LogP contribution in [0, 0.1) is 0 Å². The molecule has 0 fully saturated rings. The van der Waals surface area contributed by atoms with Gasteiger partial charge in [-0.25, -0.2) is 0 Å². The van der Waals surface area contributed by atoms with Gasteiger partial charge in [-0.05, 0) is 89.0 Å². The van der Waals surface area contributed by atoms with Gasteiger partial charge in [0, 0.05) is 37.4 Å². The van der Waals surface area contributed by atoms with Crippen molar-refractivity contribution in [3.63, 3.8) is 0 Å². The van der Waals surface area contributed by atoms with Crippen LogP contribution in [0.15, 0.2) is 168 Å². The van der Waals surface area contributed by atoms with Crippen LogP contribution in [0.2, 0.25) is 0 Å². The summed E-state index contributed by atoms with van der Waals surface area (Å²) < 4.78 is 5.85. The lowest BCUT2D eigenvalue weighted by Gasteiger charge is -2.12. The molecule has 2 nitrogen and oxygen atoms in total. The van der Waals surface area contributed by atoms with Crippen molar-refractivity contribution in [2.75, 3.05) is 0 Å². The molecule has 3 heteroatoms. The molecule has 2 heterocycles. The van der Waals surface area contributed by atoms with E-state index in [2.05, 4.69) is 189 Å². The highest BCUT2D eigenvalue weighted by molar-refractivity contribution is 9.10. The van der Waals surface area contributed by atoms with Crippen molar-refractivity contribution < 1.29 is 0 Å². The summed E-state index contributed by atoms with van der Waals surface area (Å²) >= 11 is 3.54. The largest absolute Gasteiger partial charge is 0.309 e. The van der Waals surface area contributed by atoms with Crippen molar-refractivity contribution >= 4 is 59.5 Å². The van der Waals surface area contributed by atoms with E-state index in [1.807, 2.05) is 0 Å². The minimum Gasteiger partial charge on any atom is -0.309 e. The summed E-state index contributed by atoms with van der Waals surface area (Å²) in [5, 5.41) is 5.07. The Labute approximate surface area is 269 Å². The number of hydrogen-bond acceptors (Lipinski definition) is 0. The molecule has 0 unspecified atom stereocenters. The van der Waals surface area contributed by atoms with Crippen molar-refractivity contribution in [2.24, 2.45) is 0 Å². The Morgan fingerprint density at radius 1 is 0.311 bits per heavy atom. The summed E-state index contributed by atoms with van der Waals surface area (Å²) in [6, 6.07) is 59.3. The van der Waals surface area contributed by atoms with Crippen LogP contribution in [0.4, 0.5) is 0 Å². The second-order valence-electron chi connectivity index (χ2n) is 11.6. The Kier molecular flexibility index (Phi) is 6.00. The van der Waals surface area contributed by atoms with Crippen molar-refractivity contribution in [3.8, 4) is 33.6 Å². The SMILES string of the molecule is Brc1ccc(-c2ccc(-c3ccc4c(c3)c3ccccc3n4-c3ccc(-n4c5ccccc5c5ccccc54)cc3)cc2)cc1. The molecule has 9 rings (SSSR count). The summed E-state index contributed by atoms with van der Waals surface area (Å²) in [7, 11) is 0. The Morgan fingerprint density at radius 3 is 1.16 bits per heavy atom. The van der Waals surface area contributed by atoms with Crippen molar-refractivity contribution in [2.45, 2.75) is 0 Å². The Morgan fingerprint density at radius 2 is 0.667 bits per heavy atom. The predicted octanol–water partition coefficient (Wildman–Crippen LogP) is 12.0. The molecule has 212 valence electrons. The molecule has 0 amide bonds. The number of aromatic nitrogens is 2. The van der Waals surface area contributed by atoms with Gasteiger partial charge in [0.25, 0.3) is 0 Å². The molecule has 0 bridgehead atoms. The second-order valence-corrected chi connectivity index (χ2v) is 12.5. The van der Waals surface area contributed by atoms with E-state index >= 15 is 0 Å². The van der Waals surface area contributed by atoms with Gasteiger partial charge in [-0.1, -0.05) is 113 Å². The third-order valence-corrected chi connectivity index (χ3v) is 9.54. The molecule has 0 saturated carbocycles. The molecule has 0 aliphatic carbocycles. The number of para-hydroxylation sites is 3. The van der Waals surface area contributed by atoms with Gasteiger partial charge in [0.1, 0.15) is 0 Å². The standard InChI is InChI=1S/C42H27BrN2/c43-32-20-17-29(18-21-32)28-13-15-30(16-14-28)31-19-26-42-38(27-31)37-9-3-6-12-41(37)45(42)34-24-22-33(23-25-34)44-39-10-4-1-7-35(39)36-8-2-5-11-40(36)44/h1-27H. The highest BCUT2D eigenvalue weighted by Gasteiger charge is 2.15. The molecule has 0 saturated heterocycles. The smallest absolute Gasteiger partial charge is 0.0541 e. The first kappa shape index (κ1) is 26.1. The van der Waals surface area contributed by atoms with Crippen LogP contribution in [0.1, 0.15) is 0 Å². The van der Waals surface area contributed by atoms with E-state index in [-0.39, 0.29) is 0 Å². The predicted molar refractivity (Wildman–Crippen MR) is 194 cm³/mol. The van der Waals surface area contributed by atoms with Crippen LogP contribution in [0.25, 0.3) is 77.2 Å². The molecule has 0 radical (unpaired) electrons. The van der Waals surface area contributed by atoms with Crippen molar-refractivity contribution in [1.29, 1.82) is 0 Å².